The van der Waals surface area contributed by atoms with E-state index in [1.807, 2.05) is 24.3 Å². The second kappa shape index (κ2) is 9.85. The van der Waals surface area contributed by atoms with Crippen molar-refractivity contribution in [1.29, 1.82) is 0 Å². The Bertz CT molecular complexity index is 799. The zero-order valence-electron chi connectivity index (χ0n) is 16.8. The van der Waals surface area contributed by atoms with E-state index < -0.39 is 0 Å². The van der Waals surface area contributed by atoms with Crippen LogP contribution in [0.4, 0.5) is 0 Å². The van der Waals surface area contributed by atoms with Crippen LogP contribution in [0.5, 0.6) is 0 Å². The van der Waals surface area contributed by atoms with Crippen molar-refractivity contribution in [3.05, 3.63) is 34.6 Å². The summed E-state index contributed by atoms with van der Waals surface area (Å²) in [6.07, 6.45) is 9.32. The molecule has 1 N–H and O–H groups in total. The Morgan fingerprint density at radius 2 is 1.86 bits per heavy atom. The largest absolute Gasteiger partial charge is 0.353 e. The molecule has 0 spiro atoms. The molecule has 156 valence electrons. The van der Waals surface area contributed by atoms with Gasteiger partial charge in [-0.3, -0.25) is 9.69 Å². The molecule has 4 rings (SSSR count). The standard InChI is InChI=1S/C22H29BrN4O2/c23-18-11-9-16(10-12-18)21-25-20(29-26-21)15-27-13-5-6-17(14-27)22(28)24-19-7-3-1-2-4-8-19/h9-12,17,19H,1-8,13-15H2,(H,24,28). The van der Waals surface area contributed by atoms with Gasteiger partial charge in [-0.15, -0.1) is 0 Å². The average Bonchev–Trinajstić information content (AvgIpc) is 3.04. The Labute approximate surface area is 180 Å². The summed E-state index contributed by atoms with van der Waals surface area (Å²) in [6, 6.07) is 8.23. The molecule has 1 amide bonds. The van der Waals surface area contributed by atoms with Gasteiger partial charge in [-0.25, -0.2) is 0 Å². The molecule has 2 heterocycles. The van der Waals surface area contributed by atoms with Crippen LogP contribution >= 0.6 is 15.9 Å². The third-order valence-corrected chi connectivity index (χ3v) is 6.54. The number of benzene rings is 1. The molecule has 0 radical (unpaired) electrons. The molecule has 2 fully saturated rings. The summed E-state index contributed by atoms with van der Waals surface area (Å²) < 4.78 is 6.49. The second-order valence-corrected chi connectivity index (χ2v) is 9.21. The molecule has 1 atom stereocenters. The van der Waals surface area contributed by atoms with Crippen LogP contribution in [0.15, 0.2) is 33.3 Å². The summed E-state index contributed by atoms with van der Waals surface area (Å²) in [6.45, 7) is 2.31. The van der Waals surface area contributed by atoms with Gasteiger partial charge in [0, 0.05) is 22.6 Å². The first kappa shape index (κ1) is 20.5. The minimum Gasteiger partial charge on any atom is -0.353 e. The van der Waals surface area contributed by atoms with Gasteiger partial charge in [0.05, 0.1) is 12.5 Å². The summed E-state index contributed by atoms with van der Waals surface area (Å²) in [4.78, 5) is 19.6. The van der Waals surface area contributed by atoms with E-state index >= 15 is 0 Å². The highest BCUT2D eigenvalue weighted by Gasteiger charge is 2.28. The topological polar surface area (TPSA) is 71.3 Å². The average molecular weight is 461 g/mol. The zero-order valence-corrected chi connectivity index (χ0v) is 18.4. The van der Waals surface area contributed by atoms with E-state index in [-0.39, 0.29) is 11.8 Å². The molecular weight excluding hydrogens is 432 g/mol. The Morgan fingerprint density at radius 1 is 1.10 bits per heavy atom. The highest BCUT2D eigenvalue weighted by atomic mass is 79.9. The molecule has 0 bridgehead atoms. The van der Waals surface area contributed by atoms with Crippen LogP contribution in [-0.4, -0.2) is 40.1 Å². The Balaban J connectivity index is 1.31. The molecule has 1 aromatic carbocycles. The van der Waals surface area contributed by atoms with E-state index in [0.717, 1.165) is 48.8 Å². The molecule has 1 aliphatic carbocycles. The molecule has 1 unspecified atom stereocenters. The molecule has 1 aliphatic heterocycles. The molecule has 1 saturated heterocycles. The first-order valence-corrected chi connectivity index (χ1v) is 11.6. The van der Waals surface area contributed by atoms with Gasteiger partial charge >= 0.3 is 0 Å². The van der Waals surface area contributed by atoms with Crippen molar-refractivity contribution >= 4 is 21.8 Å². The SMILES string of the molecule is O=C(NC1CCCCCC1)C1CCCN(Cc2nc(-c3ccc(Br)cc3)no2)C1. The number of aromatic nitrogens is 2. The number of hydrogen-bond acceptors (Lipinski definition) is 5. The van der Waals surface area contributed by atoms with Crippen molar-refractivity contribution in [3.63, 3.8) is 0 Å². The first-order chi connectivity index (χ1) is 14.2. The van der Waals surface area contributed by atoms with Crippen LogP contribution in [0.2, 0.25) is 0 Å². The minimum atomic E-state index is 0.0564. The van der Waals surface area contributed by atoms with E-state index in [1.165, 1.54) is 25.7 Å². The summed E-state index contributed by atoms with van der Waals surface area (Å²) in [7, 11) is 0. The van der Waals surface area contributed by atoms with Crippen molar-refractivity contribution in [2.24, 2.45) is 5.92 Å². The lowest BCUT2D eigenvalue weighted by Crippen LogP contribution is -2.45. The van der Waals surface area contributed by atoms with Crippen LogP contribution in [-0.2, 0) is 11.3 Å². The van der Waals surface area contributed by atoms with Crippen LogP contribution in [0, 0.1) is 5.92 Å². The predicted octanol–water partition coefficient (Wildman–Crippen LogP) is 4.55. The fourth-order valence-corrected chi connectivity index (χ4v) is 4.65. The van der Waals surface area contributed by atoms with Gasteiger partial charge in [0.15, 0.2) is 0 Å². The molecule has 2 aromatic rings. The van der Waals surface area contributed by atoms with Gasteiger partial charge in [0.2, 0.25) is 17.6 Å². The van der Waals surface area contributed by atoms with Gasteiger partial charge in [-0.05, 0) is 56.5 Å². The van der Waals surface area contributed by atoms with E-state index in [9.17, 15) is 4.79 Å². The van der Waals surface area contributed by atoms with Gasteiger partial charge in [-0.2, -0.15) is 4.98 Å². The van der Waals surface area contributed by atoms with E-state index in [0.29, 0.717) is 24.3 Å². The van der Waals surface area contributed by atoms with Crippen molar-refractivity contribution < 1.29 is 9.32 Å². The third-order valence-electron chi connectivity index (χ3n) is 6.01. The Kier molecular flexibility index (Phi) is 6.98. The number of hydrogen-bond donors (Lipinski definition) is 1. The van der Waals surface area contributed by atoms with Crippen molar-refractivity contribution in [2.45, 2.75) is 64.0 Å². The number of nitrogens with zero attached hydrogens (tertiary/aromatic N) is 3. The van der Waals surface area contributed by atoms with Crippen molar-refractivity contribution in [3.8, 4) is 11.4 Å². The number of carbonyl (C=O) groups excluding carboxylic acids is 1. The maximum absolute atomic E-state index is 12.8. The lowest BCUT2D eigenvalue weighted by molar-refractivity contribution is -0.127. The molecule has 1 saturated carbocycles. The van der Waals surface area contributed by atoms with Crippen molar-refractivity contribution in [1.82, 2.24) is 20.4 Å². The third kappa shape index (κ3) is 5.66. The summed E-state index contributed by atoms with van der Waals surface area (Å²) in [5.74, 6) is 1.49. The van der Waals surface area contributed by atoms with Crippen LogP contribution in [0.1, 0.15) is 57.3 Å². The quantitative estimate of drug-likeness (QED) is 0.662. The van der Waals surface area contributed by atoms with Crippen LogP contribution in [0.25, 0.3) is 11.4 Å². The summed E-state index contributed by atoms with van der Waals surface area (Å²) in [5.41, 5.74) is 0.933. The highest BCUT2D eigenvalue weighted by molar-refractivity contribution is 9.10. The van der Waals surface area contributed by atoms with E-state index in [1.54, 1.807) is 0 Å². The minimum absolute atomic E-state index is 0.0564. The fraction of sp³-hybridized carbons (Fsp3) is 0.591. The number of rotatable bonds is 5. The number of piperidine rings is 1. The van der Waals surface area contributed by atoms with E-state index in [4.69, 9.17) is 4.52 Å². The molecule has 29 heavy (non-hydrogen) atoms. The normalized spacial score (nSPS) is 21.6. The number of likely N-dealkylation sites (tertiary alicyclic amines) is 1. The van der Waals surface area contributed by atoms with Gasteiger partial charge in [0.25, 0.3) is 0 Å². The molecular formula is C22H29BrN4O2. The van der Waals surface area contributed by atoms with Crippen LogP contribution in [0.3, 0.4) is 0 Å². The molecule has 1 aromatic heterocycles. The number of amides is 1. The van der Waals surface area contributed by atoms with Gasteiger partial charge < -0.3 is 9.84 Å². The first-order valence-electron chi connectivity index (χ1n) is 10.8. The monoisotopic (exact) mass is 460 g/mol. The lowest BCUT2D eigenvalue weighted by atomic mass is 9.96. The summed E-state index contributed by atoms with van der Waals surface area (Å²) in [5, 5.41) is 7.44. The summed E-state index contributed by atoms with van der Waals surface area (Å²) >= 11 is 3.44. The highest BCUT2D eigenvalue weighted by Crippen LogP contribution is 2.23. The van der Waals surface area contributed by atoms with Gasteiger partial charge in [-0.1, -0.05) is 46.8 Å². The maximum atomic E-state index is 12.8. The number of carbonyl (C=O) groups is 1. The van der Waals surface area contributed by atoms with E-state index in [2.05, 4.69) is 36.3 Å². The number of halogens is 1. The van der Waals surface area contributed by atoms with Crippen LogP contribution < -0.4 is 5.32 Å². The number of nitrogens with one attached hydrogen (secondary N) is 1. The smallest absolute Gasteiger partial charge is 0.241 e. The molecule has 6 nitrogen and oxygen atoms in total. The van der Waals surface area contributed by atoms with Crippen molar-refractivity contribution in [2.75, 3.05) is 13.1 Å². The molecule has 7 heteroatoms. The zero-order chi connectivity index (χ0) is 20.1. The molecule has 2 aliphatic rings. The Hall–Kier alpha value is -1.73. The maximum Gasteiger partial charge on any atom is 0.241 e. The lowest BCUT2D eigenvalue weighted by Gasteiger charge is -2.31. The fourth-order valence-electron chi connectivity index (χ4n) is 4.38. The Morgan fingerprint density at radius 3 is 2.62 bits per heavy atom. The predicted molar refractivity (Wildman–Crippen MR) is 115 cm³/mol. The second-order valence-electron chi connectivity index (χ2n) is 8.29. The van der Waals surface area contributed by atoms with Gasteiger partial charge in [0.1, 0.15) is 0 Å².